The number of aliphatic hydroxyl groups excluding tert-OH is 2. The van der Waals surface area contributed by atoms with Gasteiger partial charge >= 0.3 is 0 Å². The van der Waals surface area contributed by atoms with Gasteiger partial charge < -0.3 is 15.5 Å². The SMILES string of the molecule is OCC(O)CNCc1cc(F)cc(Br)c1. The van der Waals surface area contributed by atoms with E-state index in [-0.39, 0.29) is 19.0 Å². The summed E-state index contributed by atoms with van der Waals surface area (Å²) in [5.41, 5.74) is 0.784. The molecule has 84 valence electrons. The van der Waals surface area contributed by atoms with E-state index in [0.717, 1.165) is 5.56 Å². The van der Waals surface area contributed by atoms with Crippen LogP contribution in [-0.2, 0) is 6.54 Å². The van der Waals surface area contributed by atoms with Crippen LogP contribution < -0.4 is 5.32 Å². The molecule has 0 radical (unpaired) electrons. The maximum atomic E-state index is 12.9. The van der Waals surface area contributed by atoms with E-state index in [9.17, 15) is 4.39 Å². The molecule has 15 heavy (non-hydrogen) atoms. The molecule has 0 fully saturated rings. The van der Waals surface area contributed by atoms with Gasteiger partial charge in [0.2, 0.25) is 0 Å². The standard InChI is InChI=1S/C10H13BrFNO2/c11-8-1-7(2-9(12)3-8)4-13-5-10(15)6-14/h1-3,10,13-15H,4-6H2. The first-order valence-corrected chi connectivity index (χ1v) is 5.35. The van der Waals surface area contributed by atoms with Gasteiger partial charge in [0.1, 0.15) is 5.82 Å². The van der Waals surface area contributed by atoms with Gasteiger partial charge in [-0.05, 0) is 23.8 Å². The topological polar surface area (TPSA) is 52.5 Å². The molecule has 0 saturated heterocycles. The third-order valence-corrected chi connectivity index (χ3v) is 2.30. The number of hydrogen-bond acceptors (Lipinski definition) is 3. The fourth-order valence-corrected chi connectivity index (χ4v) is 1.67. The first-order valence-electron chi connectivity index (χ1n) is 4.56. The summed E-state index contributed by atoms with van der Waals surface area (Å²) in [4.78, 5) is 0. The van der Waals surface area contributed by atoms with Crippen molar-refractivity contribution in [3.8, 4) is 0 Å². The summed E-state index contributed by atoms with van der Waals surface area (Å²) in [5.74, 6) is -0.302. The number of hydrogen-bond donors (Lipinski definition) is 3. The Morgan fingerprint density at radius 2 is 2.13 bits per heavy atom. The Hall–Kier alpha value is -0.490. The van der Waals surface area contributed by atoms with E-state index in [1.54, 1.807) is 6.07 Å². The highest BCUT2D eigenvalue weighted by Gasteiger charge is 2.02. The highest BCUT2D eigenvalue weighted by molar-refractivity contribution is 9.10. The summed E-state index contributed by atoms with van der Waals surface area (Å²) >= 11 is 3.19. The average molecular weight is 278 g/mol. The van der Waals surface area contributed by atoms with Gasteiger partial charge in [-0.1, -0.05) is 15.9 Å². The second-order valence-corrected chi connectivity index (χ2v) is 4.16. The lowest BCUT2D eigenvalue weighted by Gasteiger charge is -2.09. The van der Waals surface area contributed by atoms with Gasteiger partial charge in [-0.25, -0.2) is 4.39 Å². The van der Waals surface area contributed by atoms with Crippen molar-refractivity contribution in [3.63, 3.8) is 0 Å². The van der Waals surface area contributed by atoms with Crippen LogP contribution in [0.25, 0.3) is 0 Å². The van der Waals surface area contributed by atoms with E-state index >= 15 is 0 Å². The van der Waals surface area contributed by atoms with Crippen LogP contribution in [0.4, 0.5) is 4.39 Å². The van der Waals surface area contributed by atoms with Crippen molar-refractivity contribution in [1.82, 2.24) is 5.32 Å². The quantitative estimate of drug-likeness (QED) is 0.754. The maximum Gasteiger partial charge on any atom is 0.124 e. The summed E-state index contributed by atoms with van der Waals surface area (Å²) in [5, 5.41) is 20.5. The largest absolute Gasteiger partial charge is 0.394 e. The molecule has 0 aromatic heterocycles. The van der Waals surface area contributed by atoms with E-state index < -0.39 is 6.10 Å². The lowest BCUT2D eigenvalue weighted by molar-refractivity contribution is 0.0942. The summed E-state index contributed by atoms with van der Waals surface area (Å²) in [6.45, 7) is 0.456. The predicted octanol–water partition coefficient (Wildman–Crippen LogP) is 1.03. The molecule has 3 N–H and O–H groups in total. The summed E-state index contributed by atoms with van der Waals surface area (Å²) < 4.78 is 13.6. The van der Waals surface area contributed by atoms with Crippen molar-refractivity contribution in [2.45, 2.75) is 12.6 Å². The molecular weight excluding hydrogens is 265 g/mol. The van der Waals surface area contributed by atoms with Crippen LogP contribution in [0.15, 0.2) is 22.7 Å². The van der Waals surface area contributed by atoms with Crippen LogP contribution in [0.3, 0.4) is 0 Å². The minimum atomic E-state index is -0.776. The molecule has 1 atom stereocenters. The van der Waals surface area contributed by atoms with E-state index in [1.807, 2.05) is 0 Å². The van der Waals surface area contributed by atoms with Gasteiger partial charge in [-0.3, -0.25) is 0 Å². The lowest BCUT2D eigenvalue weighted by Crippen LogP contribution is -2.28. The van der Waals surface area contributed by atoms with Gasteiger partial charge in [-0.2, -0.15) is 0 Å². The molecular formula is C10H13BrFNO2. The molecule has 0 amide bonds. The van der Waals surface area contributed by atoms with E-state index in [2.05, 4.69) is 21.2 Å². The number of rotatable bonds is 5. The van der Waals surface area contributed by atoms with Crippen molar-refractivity contribution in [3.05, 3.63) is 34.1 Å². The first-order chi connectivity index (χ1) is 7.11. The number of benzene rings is 1. The monoisotopic (exact) mass is 277 g/mol. The van der Waals surface area contributed by atoms with Crippen LogP contribution in [0.1, 0.15) is 5.56 Å². The summed E-state index contributed by atoms with van der Waals surface area (Å²) in [7, 11) is 0. The Morgan fingerprint density at radius 3 is 2.73 bits per heavy atom. The third kappa shape index (κ3) is 4.70. The molecule has 1 aromatic rings. The molecule has 0 aliphatic heterocycles. The summed E-state index contributed by atoms with van der Waals surface area (Å²) in [6.07, 6.45) is -0.776. The Kier molecular flexibility index (Phi) is 5.17. The van der Waals surface area contributed by atoms with E-state index in [1.165, 1.54) is 12.1 Å². The van der Waals surface area contributed by atoms with Crippen LogP contribution in [-0.4, -0.2) is 29.5 Å². The molecule has 3 nitrogen and oxygen atoms in total. The van der Waals surface area contributed by atoms with Gasteiger partial charge in [0, 0.05) is 17.6 Å². The highest BCUT2D eigenvalue weighted by Crippen LogP contribution is 2.14. The molecule has 1 aromatic carbocycles. The van der Waals surface area contributed by atoms with Gasteiger partial charge in [0.15, 0.2) is 0 Å². The molecule has 0 saturated carbocycles. The lowest BCUT2D eigenvalue weighted by atomic mass is 10.2. The fourth-order valence-electron chi connectivity index (χ4n) is 1.16. The molecule has 1 rings (SSSR count). The number of aliphatic hydroxyl groups is 2. The zero-order valence-electron chi connectivity index (χ0n) is 8.08. The normalized spacial score (nSPS) is 12.8. The zero-order chi connectivity index (χ0) is 11.3. The first kappa shape index (κ1) is 12.6. The Bertz CT molecular complexity index is 302. The number of halogens is 2. The Balaban J connectivity index is 2.43. The molecule has 0 aliphatic carbocycles. The highest BCUT2D eigenvalue weighted by atomic mass is 79.9. The van der Waals surface area contributed by atoms with Gasteiger partial charge in [-0.15, -0.1) is 0 Å². The molecule has 1 unspecified atom stereocenters. The molecule has 5 heteroatoms. The average Bonchev–Trinajstić information content (AvgIpc) is 2.16. The Morgan fingerprint density at radius 1 is 1.40 bits per heavy atom. The second kappa shape index (κ2) is 6.17. The van der Waals surface area contributed by atoms with Crippen LogP contribution in [0.2, 0.25) is 0 Å². The third-order valence-electron chi connectivity index (χ3n) is 1.84. The van der Waals surface area contributed by atoms with E-state index in [4.69, 9.17) is 10.2 Å². The van der Waals surface area contributed by atoms with Crippen molar-refractivity contribution < 1.29 is 14.6 Å². The van der Waals surface area contributed by atoms with Crippen LogP contribution in [0.5, 0.6) is 0 Å². The summed E-state index contributed by atoms with van der Waals surface area (Å²) in [6, 6.07) is 4.59. The molecule has 0 aliphatic rings. The van der Waals surface area contributed by atoms with Crippen LogP contribution >= 0.6 is 15.9 Å². The molecule has 0 heterocycles. The molecule has 0 spiro atoms. The van der Waals surface area contributed by atoms with Gasteiger partial charge in [0.25, 0.3) is 0 Å². The smallest absolute Gasteiger partial charge is 0.124 e. The predicted molar refractivity (Wildman–Crippen MR) is 58.9 cm³/mol. The molecule has 0 bridgehead atoms. The van der Waals surface area contributed by atoms with Crippen LogP contribution in [0, 0.1) is 5.82 Å². The number of nitrogens with one attached hydrogen (secondary N) is 1. The Labute approximate surface area is 96.1 Å². The van der Waals surface area contributed by atoms with Crippen molar-refractivity contribution >= 4 is 15.9 Å². The minimum Gasteiger partial charge on any atom is -0.394 e. The van der Waals surface area contributed by atoms with E-state index in [0.29, 0.717) is 11.0 Å². The zero-order valence-corrected chi connectivity index (χ0v) is 9.67. The fraction of sp³-hybridized carbons (Fsp3) is 0.400. The van der Waals surface area contributed by atoms with Crippen molar-refractivity contribution in [1.29, 1.82) is 0 Å². The van der Waals surface area contributed by atoms with Crippen molar-refractivity contribution in [2.75, 3.05) is 13.2 Å². The van der Waals surface area contributed by atoms with Crippen molar-refractivity contribution in [2.24, 2.45) is 0 Å². The van der Waals surface area contributed by atoms with Gasteiger partial charge in [0.05, 0.1) is 12.7 Å². The second-order valence-electron chi connectivity index (χ2n) is 3.24. The minimum absolute atomic E-state index is 0.278. The maximum absolute atomic E-state index is 12.9.